The predicted molar refractivity (Wildman–Crippen MR) is 77.1 cm³/mol. The van der Waals surface area contributed by atoms with Gasteiger partial charge in [-0.3, -0.25) is 0 Å². The van der Waals surface area contributed by atoms with Gasteiger partial charge in [0.15, 0.2) is 5.13 Å². The van der Waals surface area contributed by atoms with Gasteiger partial charge in [-0.05, 0) is 12.1 Å². The maximum Gasteiger partial charge on any atom is 0.187 e. The second-order valence-electron chi connectivity index (χ2n) is 5.11. The van der Waals surface area contributed by atoms with Crippen LogP contribution >= 0.6 is 11.3 Å². The number of anilines is 2. The second-order valence-corrected chi connectivity index (χ2v) is 5.97. The molecule has 1 heterocycles. The van der Waals surface area contributed by atoms with Gasteiger partial charge in [-0.1, -0.05) is 32.9 Å². The maximum absolute atomic E-state index is 5.31. The monoisotopic (exact) mass is 262 g/mol. The maximum atomic E-state index is 5.31. The molecule has 0 bridgehead atoms. The molecule has 0 aliphatic heterocycles. The van der Waals surface area contributed by atoms with Crippen LogP contribution in [0.3, 0.4) is 0 Å². The van der Waals surface area contributed by atoms with Crippen molar-refractivity contribution in [2.45, 2.75) is 26.2 Å². The molecule has 0 spiro atoms. The van der Waals surface area contributed by atoms with E-state index in [1.165, 1.54) is 0 Å². The lowest BCUT2D eigenvalue weighted by Crippen LogP contribution is -2.11. The molecule has 18 heavy (non-hydrogen) atoms. The predicted octanol–water partition coefficient (Wildman–Crippen LogP) is 4.19. The van der Waals surface area contributed by atoms with Crippen molar-refractivity contribution in [3.8, 4) is 5.75 Å². The highest BCUT2D eigenvalue weighted by Crippen LogP contribution is 2.31. The number of thiazole rings is 1. The summed E-state index contributed by atoms with van der Waals surface area (Å²) in [5.74, 6) is 0.824. The molecule has 1 aromatic heterocycles. The van der Waals surface area contributed by atoms with E-state index in [0.717, 1.165) is 22.3 Å². The van der Waals surface area contributed by atoms with Gasteiger partial charge in [0.2, 0.25) is 0 Å². The van der Waals surface area contributed by atoms with Crippen LogP contribution in [0.15, 0.2) is 29.6 Å². The average Bonchev–Trinajstić information content (AvgIpc) is 2.78. The van der Waals surface area contributed by atoms with Gasteiger partial charge in [-0.25, -0.2) is 4.98 Å². The molecule has 0 fully saturated rings. The number of rotatable bonds is 3. The Kier molecular flexibility index (Phi) is 3.57. The molecule has 3 nitrogen and oxygen atoms in total. The zero-order chi connectivity index (χ0) is 13.2. The molecule has 0 saturated carbocycles. The highest BCUT2D eigenvalue weighted by molar-refractivity contribution is 7.13. The van der Waals surface area contributed by atoms with Crippen molar-refractivity contribution in [1.82, 2.24) is 4.98 Å². The standard InChI is InChI=1S/C14H18N2OS/c1-14(2,3)12-9-18-13(16-12)15-10-7-5-6-8-11(10)17-4/h5-9H,1-4H3,(H,15,16). The smallest absolute Gasteiger partial charge is 0.187 e. The topological polar surface area (TPSA) is 34.1 Å². The summed E-state index contributed by atoms with van der Waals surface area (Å²) in [6, 6.07) is 7.84. The lowest BCUT2D eigenvalue weighted by molar-refractivity contribution is 0.417. The molecule has 0 atom stereocenters. The van der Waals surface area contributed by atoms with Crippen molar-refractivity contribution in [1.29, 1.82) is 0 Å². The summed E-state index contributed by atoms with van der Waals surface area (Å²) >= 11 is 1.61. The fourth-order valence-electron chi connectivity index (χ4n) is 1.54. The van der Waals surface area contributed by atoms with Gasteiger partial charge >= 0.3 is 0 Å². The Hall–Kier alpha value is -1.55. The number of ether oxygens (including phenoxy) is 1. The molecular weight excluding hydrogens is 244 g/mol. The molecule has 96 valence electrons. The van der Waals surface area contributed by atoms with Crippen LogP contribution in [0.4, 0.5) is 10.8 Å². The number of nitrogens with one attached hydrogen (secondary N) is 1. The Morgan fingerprint density at radius 3 is 2.56 bits per heavy atom. The summed E-state index contributed by atoms with van der Waals surface area (Å²) in [6.45, 7) is 6.48. The molecule has 1 aromatic carbocycles. The van der Waals surface area contributed by atoms with Crippen molar-refractivity contribution < 1.29 is 4.74 Å². The van der Waals surface area contributed by atoms with Crippen LogP contribution in [-0.4, -0.2) is 12.1 Å². The van der Waals surface area contributed by atoms with E-state index in [2.05, 4.69) is 36.5 Å². The zero-order valence-electron chi connectivity index (χ0n) is 11.2. The van der Waals surface area contributed by atoms with Gasteiger partial charge < -0.3 is 10.1 Å². The van der Waals surface area contributed by atoms with E-state index >= 15 is 0 Å². The van der Waals surface area contributed by atoms with E-state index < -0.39 is 0 Å². The Bertz CT molecular complexity index is 529. The first-order valence-electron chi connectivity index (χ1n) is 5.87. The highest BCUT2D eigenvalue weighted by Gasteiger charge is 2.17. The number of benzene rings is 1. The van der Waals surface area contributed by atoms with E-state index in [9.17, 15) is 0 Å². The largest absolute Gasteiger partial charge is 0.495 e. The van der Waals surface area contributed by atoms with Gasteiger partial charge in [-0.15, -0.1) is 11.3 Å². The van der Waals surface area contributed by atoms with E-state index in [0.29, 0.717) is 0 Å². The SMILES string of the molecule is COc1ccccc1Nc1nc(C(C)(C)C)cs1. The minimum absolute atomic E-state index is 0.0806. The molecule has 0 amide bonds. The minimum atomic E-state index is 0.0806. The molecule has 2 rings (SSSR count). The first-order chi connectivity index (χ1) is 8.50. The normalized spacial score (nSPS) is 11.3. The van der Waals surface area contributed by atoms with Crippen LogP contribution in [-0.2, 0) is 5.41 Å². The molecule has 0 saturated heterocycles. The summed E-state index contributed by atoms with van der Waals surface area (Å²) in [5, 5.41) is 6.29. The lowest BCUT2D eigenvalue weighted by Gasteiger charge is -2.14. The molecule has 0 aliphatic rings. The number of hydrogen-bond acceptors (Lipinski definition) is 4. The van der Waals surface area contributed by atoms with Crippen LogP contribution in [0.1, 0.15) is 26.5 Å². The Morgan fingerprint density at radius 2 is 1.94 bits per heavy atom. The zero-order valence-corrected chi connectivity index (χ0v) is 12.0. The summed E-state index contributed by atoms with van der Waals surface area (Å²) in [7, 11) is 1.67. The molecule has 0 radical (unpaired) electrons. The number of hydrogen-bond donors (Lipinski definition) is 1. The van der Waals surface area contributed by atoms with E-state index in [1.54, 1.807) is 18.4 Å². The summed E-state index contributed by atoms with van der Waals surface area (Å²) in [6.07, 6.45) is 0. The Morgan fingerprint density at radius 1 is 1.22 bits per heavy atom. The number of para-hydroxylation sites is 2. The van der Waals surface area contributed by atoms with Crippen LogP contribution in [0.2, 0.25) is 0 Å². The van der Waals surface area contributed by atoms with Gasteiger partial charge in [0, 0.05) is 10.8 Å². The minimum Gasteiger partial charge on any atom is -0.495 e. The molecule has 2 aromatic rings. The molecule has 4 heteroatoms. The fourth-order valence-corrected chi connectivity index (χ4v) is 2.49. The summed E-state index contributed by atoms with van der Waals surface area (Å²) in [4.78, 5) is 4.60. The van der Waals surface area contributed by atoms with Crippen molar-refractivity contribution >= 4 is 22.2 Å². The van der Waals surface area contributed by atoms with Gasteiger partial charge in [0.25, 0.3) is 0 Å². The first-order valence-corrected chi connectivity index (χ1v) is 6.75. The van der Waals surface area contributed by atoms with Crippen molar-refractivity contribution in [3.05, 3.63) is 35.3 Å². The molecule has 0 aliphatic carbocycles. The number of aromatic nitrogens is 1. The Labute approximate surface area is 112 Å². The fraction of sp³-hybridized carbons (Fsp3) is 0.357. The van der Waals surface area contributed by atoms with E-state index in [4.69, 9.17) is 4.74 Å². The Balaban J connectivity index is 2.22. The first kappa shape index (κ1) is 12.9. The average molecular weight is 262 g/mol. The number of nitrogens with zero attached hydrogens (tertiary/aromatic N) is 1. The quantitative estimate of drug-likeness (QED) is 0.900. The van der Waals surface area contributed by atoms with Crippen LogP contribution in [0, 0.1) is 0 Å². The van der Waals surface area contributed by atoms with Crippen LogP contribution in [0.5, 0.6) is 5.75 Å². The van der Waals surface area contributed by atoms with Crippen molar-refractivity contribution in [2.75, 3.05) is 12.4 Å². The van der Waals surface area contributed by atoms with Gasteiger partial charge in [0.1, 0.15) is 5.75 Å². The van der Waals surface area contributed by atoms with Crippen molar-refractivity contribution in [2.24, 2.45) is 0 Å². The van der Waals surface area contributed by atoms with Crippen LogP contribution < -0.4 is 10.1 Å². The lowest BCUT2D eigenvalue weighted by atomic mass is 9.93. The van der Waals surface area contributed by atoms with Gasteiger partial charge in [-0.2, -0.15) is 0 Å². The molecule has 1 N–H and O–H groups in total. The molecular formula is C14H18N2OS. The van der Waals surface area contributed by atoms with Crippen molar-refractivity contribution in [3.63, 3.8) is 0 Å². The van der Waals surface area contributed by atoms with E-state index in [-0.39, 0.29) is 5.41 Å². The second kappa shape index (κ2) is 4.98. The third-order valence-corrected chi connectivity index (χ3v) is 3.38. The van der Waals surface area contributed by atoms with Crippen LogP contribution in [0.25, 0.3) is 0 Å². The summed E-state index contributed by atoms with van der Waals surface area (Å²) in [5.41, 5.74) is 2.12. The van der Waals surface area contributed by atoms with E-state index in [1.807, 2.05) is 24.3 Å². The molecule has 0 unspecified atom stereocenters. The number of methoxy groups -OCH3 is 1. The summed E-state index contributed by atoms with van der Waals surface area (Å²) < 4.78 is 5.31. The van der Waals surface area contributed by atoms with Gasteiger partial charge in [0.05, 0.1) is 18.5 Å². The third kappa shape index (κ3) is 2.82. The third-order valence-electron chi connectivity index (χ3n) is 2.62. The highest BCUT2D eigenvalue weighted by atomic mass is 32.1.